The molecular formula is C18H21NO3. The lowest BCUT2D eigenvalue weighted by atomic mass is 10.1. The molecule has 2 aliphatic rings. The number of benzene rings is 1. The zero-order valence-electron chi connectivity index (χ0n) is 12.7. The molecule has 0 aliphatic carbocycles. The van der Waals surface area contributed by atoms with Crippen LogP contribution in [0.5, 0.6) is 11.5 Å². The van der Waals surface area contributed by atoms with Crippen LogP contribution < -0.4 is 9.47 Å². The van der Waals surface area contributed by atoms with Gasteiger partial charge < -0.3 is 14.4 Å². The number of carbonyl (C=O) groups is 1. The predicted molar refractivity (Wildman–Crippen MR) is 85.0 cm³/mol. The van der Waals surface area contributed by atoms with Gasteiger partial charge in [0.15, 0.2) is 11.5 Å². The fourth-order valence-corrected chi connectivity index (χ4v) is 2.70. The molecule has 1 aromatic rings. The standard InChI is InChI=1S/C18H21NO3/c20-18(19-11-5-6-12-19)8-4-2-1-3-7-15-9-10-16-17(13-15)22-14-21-16/h1-2,4,8-10,13H,3,5-7,11-12,14H2/b2-1-,8-4-. The van der Waals surface area contributed by atoms with Crippen molar-refractivity contribution >= 4 is 5.91 Å². The van der Waals surface area contributed by atoms with E-state index in [1.165, 1.54) is 5.56 Å². The van der Waals surface area contributed by atoms with Crippen molar-refractivity contribution < 1.29 is 14.3 Å². The summed E-state index contributed by atoms with van der Waals surface area (Å²) in [5, 5.41) is 0. The molecule has 2 heterocycles. The Morgan fingerprint density at radius 1 is 1.14 bits per heavy atom. The van der Waals surface area contributed by atoms with Crippen molar-refractivity contribution in [3.8, 4) is 11.5 Å². The zero-order chi connectivity index (χ0) is 15.2. The van der Waals surface area contributed by atoms with E-state index in [0.29, 0.717) is 6.79 Å². The van der Waals surface area contributed by atoms with E-state index in [2.05, 4.69) is 12.1 Å². The Kier molecular flexibility index (Phi) is 4.78. The summed E-state index contributed by atoms with van der Waals surface area (Å²) >= 11 is 0. The summed E-state index contributed by atoms with van der Waals surface area (Å²) in [6.45, 7) is 2.11. The fourth-order valence-electron chi connectivity index (χ4n) is 2.70. The second-order valence-electron chi connectivity index (χ2n) is 5.55. The van der Waals surface area contributed by atoms with Crippen molar-refractivity contribution in [1.29, 1.82) is 0 Å². The first-order valence-electron chi connectivity index (χ1n) is 7.83. The maximum atomic E-state index is 11.8. The number of fused-ring (bicyclic) bond motifs is 1. The highest BCUT2D eigenvalue weighted by atomic mass is 16.7. The highest BCUT2D eigenvalue weighted by molar-refractivity contribution is 5.88. The normalized spacial score (nSPS) is 17.0. The first-order chi connectivity index (χ1) is 10.8. The molecular weight excluding hydrogens is 278 g/mol. The van der Waals surface area contributed by atoms with Crippen LogP contribution in [0.3, 0.4) is 0 Å². The third-order valence-electron chi connectivity index (χ3n) is 3.94. The van der Waals surface area contributed by atoms with Crippen LogP contribution in [0, 0.1) is 0 Å². The van der Waals surface area contributed by atoms with Crippen LogP contribution in [0.4, 0.5) is 0 Å². The molecule has 22 heavy (non-hydrogen) atoms. The van der Waals surface area contributed by atoms with Crippen LogP contribution in [-0.2, 0) is 11.2 Å². The molecule has 3 rings (SSSR count). The third kappa shape index (κ3) is 3.70. The molecule has 2 aliphatic heterocycles. The molecule has 1 saturated heterocycles. The molecule has 0 bridgehead atoms. The smallest absolute Gasteiger partial charge is 0.246 e. The molecule has 0 radical (unpaired) electrons. The van der Waals surface area contributed by atoms with Crippen LogP contribution in [0.15, 0.2) is 42.5 Å². The molecule has 0 atom stereocenters. The van der Waals surface area contributed by atoms with Gasteiger partial charge in [-0.2, -0.15) is 0 Å². The lowest BCUT2D eigenvalue weighted by molar-refractivity contribution is -0.124. The van der Waals surface area contributed by atoms with Crippen LogP contribution in [0.2, 0.25) is 0 Å². The number of allylic oxidation sites excluding steroid dienone is 3. The molecule has 0 saturated carbocycles. The molecule has 116 valence electrons. The van der Waals surface area contributed by atoms with Crippen LogP contribution >= 0.6 is 0 Å². The van der Waals surface area contributed by atoms with E-state index >= 15 is 0 Å². The van der Waals surface area contributed by atoms with Crippen molar-refractivity contribution in [2.24, 2.45) is 0 Å². The number of carbonyl (C=O) groups excluding carboxylic acids is 1. The zero-order valence-corrected chi connectivity index (χ0v) is 12.7. The van der Waals surface area contributed by atoms with Gasteiger partial charge in [-0.15, -0.1) is 0 Å². The highest BCUT2D eigenvalue weighted by Crippen LogP contribution is 2.32. The quantitative estimate of drug-likeness (QED) is 0.619. The number of nitrogens with zero attached hydrogens (tertiary/aromatic N) is 1. The van der Waals surface area contributed by atoms with Gasteiger partial charge in [-0.3, -0.25) is 4.79 Å². The van der Waals surface area contributed by atoms with Gasteiger partial charge in [0.05, 0.1) is 0 Å². The van der Waals surface area contributed by atoms with Gasteiger partial charge in [-0.1, -0.05) is 24.3 Å². The number of amides is 1. The first-order valence-corrected chi connectivity index (χ1v) is 7.83. The molecule has 1 amide bonds. The van der Waals surface area contributed by atoms with Crippen LogP contribution in [-0.4, -0.2) is 30.7 Å². The Morgan fingerprint density at radius 2 is 1.95 bits per heavy atom. The highest BCUT2D eigenvalue weighted by Gasteiger charge is 2.14. The molecule has 0 spiro atoms. The van der Waals surface area contributed by atoms with Crippen molar-refractivity contribution in [3.05, 3.63) is 48.1 Å². The molecule has 4 nitrogen and oxygen atoms in total. The first kappa shape index (κ1) is 14.7. The van der Waals surface area contributed by atoms with Gasteiger partial charge in [0.1, 0.15) is 0 Å². The topological polar surface area (TPSA) is 38.8 Å². The van der Waals surface area contributed by atoms with Crippen LogP contribution in [0.25, 0.3) is 0 Å². The lowest BCUT2D eigenvalue weighted by Crippen LogP contribution is -2.25. The Labute approximate surface area is 131 Å². The summed E-state index contributed by atoms with van der Waals surface area (Å²) in [6, 6.07) is 6.05. The number of ether oxygens (including phenoxy) is 2. The second-order valence-corrected chi connectivity index (χ2v) is 5.55. The summed E-state index contributed by atoms with van der Waals surface area (Å²) in [4.78, 5) is 13.7. The van der Waals surface area contributed by atoms with E-state index in [0.717, 1.165) is 50.3 Å². The van der Waals surface area contributed by atoms with E-state index in [1.807, 2.05) is 29.2 Å². The minimum absolute atomic E-state index is 0.123. The molecule has 1 fully saturated rings. The van der Waals surface area contributed by atoms with Gasteiger partial charge in [-0.05, 0) is 43.4 Å². The van der Waals surface area contributed by atoms with Crippen molar-refractivity contribution in [2.45, 2.75) is 25.7 Å². The molecule has 1 aromatic carbocycles. The third-order valence-corrected chi connectivity index (χ3v) is 3.94. The minimum atomic E-state index is 0.123. The van der Waals surface area contributed by atoms with Crippen LogP contribution in [0.1, 0.15) is 24.8 Å². The van der Waals surface area contributed by atoms with E-state index in [1.54, 1.807) is 6.08 Å². The maximum absolute atomic E-state index is 11.8. The summed E-state index contributed by atoms with van der Waals surface area (Å²) in [6.07, 6.45) is 11.7. The van der Waals surface area contributed by atoms with Gasteiger partial charge in [0.2, 0.25) is 12.7 Å². The molecule has 0 aromatic heterocycles. The van der Waals surface area contributed by atoms with Gasteiger partial charge in [0, 0.05) is 19.2 Å². The number of rotatable bonds is 5. The largest absolute Gasteiger partial charge is 0.454 e. The SMILES string of the molecule is O=C(/C=C\C=C/CCc1ccc2c(c1)OCO2)N1CCCC1. The summed E-state index contributed by atoms with van der Waals surface area (Å²) < 4.78 is 10.7. The summed E-state index contributed by atoms with van der Waals surface area (Å²) in [5.74, 6) is 1.78. The molecule has 4 heteroatoms. The average molecular weight is 299 g/mol. The Hall–Kier alpha value is -2.23. The van der Waals surface area contributed by atoms with E-state index in [9.17, 15) is 4.79 Å². The van der Waals surface area contributed by atoms with E-state index in [-0.39, 0.29) is 5.91 Å². The van der Waals surface area contributed by atoms with Gasteiger partial charge in [0.25, 0.3) is 0 Å². The van der Waals surface area contributed by atoms with E-state index < -0.39 is 0 Å². The fraction of sp³-hybridized carbons (Fsp3) is 0.389. The Morgan fingerprint density at radius 3 is 2.82 bits per heavy atom. The Bertz CT molecular complexity index is 586. The molecule has 0 unspecified atom stereocenters. The van der Waals surface area contributed by atoms with Crippen molar-refractivity contribution in [2.75, 3.05) is 19.9 Å². The summed E-state index contributed by atoms with van der Waals surface area (Å²) in [7, 11) is 0. The minimum Gasteiger partial charge on any atom is -0.454 e. The number of aryl methyl sites for hydroxylation is 1. The predicted octanol–water partition coefficient (Wildman–Crippen LogP) is 3.08. The van der Waals surface area contributed by atoms with Gasteiger partial charge >= 0.3 is 0 Å². The monoisotopic (exact) mass is 299 g/mol. The second kappa shape index (κ2) is 7.16. The van der Waals surface area contributed by atoms with Crippen molar-refractivity contribution in [1.82, 2.24) is 4.90 Å². The van der Waals surface area contributed by atoms with E-state index in [4.69, 9.17) is 9.47 Å². The Balaban J connectivity index is 1.41. The van der Waals surface area contributed by atoms with Crippen molar-refractivity contribution in [3.63, 3.8) is 0 Å². The lowest BCUT2D eigenvalue weighted by Gasteiger charge is -2.11. The number of likely N-dealkylation sites (tertiary alicyclic amines) is 1. The maximum Gasteiger partial charge on any atom is 0.246 e. The average Bonchev–Trinajstić information content (AvgIpc) is 3.20. The summed E-state index contributed by atoms with van der Waals surface area (Å²) in [5.41, 5.74) is 1.23. The number of hydrogen-bond donors (Lipinski definition) is 0. The van der Waals surface area contributed by atoms with Gasteiger partial charge in [-0.25, -0.2) is 0 Å². The molecule has 0 N–H and O–H groups in total. The number of hydrogen-bond acceptors (Lipinski definition) is 3.